The molecule has 0 aromatic rings. The van der Waals surface area contributed by atoms with Gasteiger partial charge in [0, 0.05) is 12.6 Å². The lowest BCUT2D eigenvalue weighted by molar-refractivity contribution is 0.394. The Bertz CT molecular complexity index is 286. The van der Waals surface area contributed by atoms with Gasteiger partial charge in [0.1, 0.15) is 0 Å². The average Bonchev–Trinajstić information content (AvgIpc) is 3.07. The zero-order chi connectivity index (χ0) is 13.0. The van der Waals surface area contributed by atoms with Gasteiger partial charge >= 0.3 is 0 Å². The highest BCUT2D eigenvalue weighted by Crippen LogP contribution is 2.50. The summed E-state index contributed by atoms with van der Waals surface area (Å²) in [4.78, 5) is 4.59. The summed E-state index contributed by atoms with van der Waals surface area (Å²) in [6.45, 7) is 5.53. The fourth-order valence-corrected chi connectivity index (χ4v) is 3.22. The van der Waals surface area contributed by atoms with Gasteiger partial charge in [-0.2, -0.15) is 0 Å². The third-order valence-corrected chi connectivity index (χ3v) is 4.34. The number of nitrogens with one attached hydrogen (secondary N) is 1. The highest BCUT2D eigenvalue weighted by atomic mass is 15.1. The van der Waals surface area contributed by atoms with Crippen LogP contribution in [0.15, 0.2) is 4.99 Å². The van der Waals surface area contributed by atoms with Crippen LogP contribution < -0.4 is 11.1 Å². The molecule has 2 fully saturated rings. The van der Waals surface area contributed by atoms with Gasteiger partial charge in [-0.3, -0.25) is 4.99 Å². The first-order valence-corrected chi connectivity index (χ1v) is 7.66. The molecule has 3 N–H and O–H groups in total. The fourth-order valence-electron chi connectivity index (χ4n) is 3.22. The van der Waals surface area contributed by atoms with Crippen LogP contribution in [-0.4, -0.2) is 18.5 Å². The fraction of sp³-hybridized carbons (Fsp3) is 0.933. The summed E-state index contributed by atoms with van der Waals surface area (Å²) in [6, 6.07) is 0.572. The number of hydrogen-bond donors (Lipinski definition) is 2. The zero-order valence-corrected chi connectivity index (χ0v) is 12.0. The normalized spacial score (nSPS) is 24.3. The molecule has 0 aromatic heterocycles. The predicted molar refractivity (Wildman–Crippen MR) is 77.6 cm³/mol. The minimum absolute atomic E-state index is 0.493. The minimum Gasteiger partial charge on any atom is -0.370 e. The van der Waals surface area contributed by atoms with Crippen molar-refractivity contribution in [2.75, 3.05) is 6.54 Å². The van der Waals surface area contributed by atoms with Crippen molar-refractivity contribution in [1.29, 1.82) is 0 Å². The second-order valence-electron chi connectivity index (χ2n) is 6.78. The summed E-state index contributed by atoms with van der Waals surface area (Å²) in [5.74, 6) is 1.45. The van der Waals surface area contributed by atoms with Crippen molar-refractivity contribution in [2.45, 2.75) is 71.3 Å². The summed E-state index contributed by atoms with van der Waals surface area (Å²) in [5.41, 5.74) is 6.50. The number of nitrogens with zero attached hydrogens (tertiary/aromatic N) is 1. The van der Waals surface area contributed by atoms with Crippen molar-refractivity contribution < 1.29 is 0 Å². The molecule has 0 radical (unpaired) electrons. The molecule has 18 heavy (non-hydrogen) atoms. The molecule has 0 aromatic carbocycles. The van der Waals surface area contributed by atoms with Crippen LogP contribution >= 0.6 is 0 Å². The molecule has 0 atom stereocenters. The Labute approximate surface area is 112 Å². The van der Waals surface area contributed by atoms with E-state index in [1.807, 2.05) is 0 Å². The molecule has 0 saturated heterocycles. The second-order valence-corrected chi connectivity index (χ2v) is 6.78. The van der Waals surface area contributed by atoms with Crippen molar-refractivity contribution in [3.63, 3.8) is 0 Å². The highest BCUT2D eigenvalue weighted by Gasteiger charge is 2.42. The van der Waals surface area contributed by atoms with Gasteiger partial charge in [-0.15, -0.1) is 0 Å². The van der Waals surface area contributed by atoms with E-state index in [9.17, 15) is 0 Å². The molecular formula is C15H29N3. The Kier molecular flexibility index (Phi) is 4.52. The smallest absolute Gasteiger partial charge is 0.188 e. The number of guanidine groups is 1. The maximum absolute atomic E-state index is 6.01. The van der Waals surface area contributed by atoms with E-state index in [4.69, 9.17) is 5.73 Å². The predicted octanol–water partition coefficient (Wildman–Crippen LogP) is 3.05. The molecule has 104 valence electrons. The lowest BCUT2D eigenvalue weighted by Gasteiger charge is -2.23. The molecule has 0 amide bonds. The largest absolute Gasteiger partial charge is 0.370 e. The third kappa shape index (κ3) is 4.18. The van der Waals surface area contributed by atoms with E-state index in [1.54, 1.807) is 0 Å². The van der Waals surface area contributed by atoms with Crippen LogP contribution in [0.2, 0.25) is 0 Å². The first-order chi connectivity index (χ1) is 8.60. The third-order valence-electron chi connectivity index (χ3n) is 4.34. The molecule has 2 aliphatic carbocycles. The summed E-state index contributed by atoms with van der Waals surface area (Å²) in [6.07, 6.45) is 10.5. The van der Waals surface area contributed by atoms with Gasteiger partial charge in [-0.05, 0) is 43.4 Å². The SMILES string of the molecule is CC(C)CC1(CN=C(N)NC2CCCCC2)CC1. The molecule has 0 aliphatic heterocycles. The van der Waals surface area contributed by atoms with E-state index in [0.29, 0.717) is 17.4 Å². The summed E-state index contributed by atoms with van der Waals surface area (Å²) in [5, 5.41) is 3.40. The van der Waals surface area contributed by atoms with E-state index in [-0.39, 0.29) is 0 Å². The maximum Gasteiger partial charge on any atom is 0.188 e. The molecule has 3 nitrogen and oxygen atoms in total. The van der Waals surface area contributed by atoms with Crippen molar-refractivity contribution in [2.24, 2.45) is 22.1 Å². The second kappa shape index (κ2) is 5.94. The summed E-state index contributed by atoms with van der Waals surface area (Å²) in [7, 11) is 0. The van der Waals surface area contributed by atoms with Crippen LogP contribution in [-0.2, 0) is 0 Å². The lowest BCUT2D eigenvalue weighted by atomic mass is 9.94. The Morgan fingerprint density at radius 3 is 2.50 bits per heavy atom. The van der Waals surface area contributed by atoms with E-state index >= 15 is 0 Å². The van der Waals surface area contributed by atoms with E-state index < -0.39 is 0 Å². The van der Waals surface area contributed by atoms with Crippen molar-refractivity contribution in [1.82, 2.24) is 5.32 Å². The van der Waals surface area contributed by atoms with E-state index in [1.165, 1.54) is 51.4 Å². The van der Waals surface area contributed by atoms with Gasteiger partial charge in [0.05, 0.1) is 0 Å². The molecule has 0 heterocycles. The number of nitrogens with two attached hydrogens (primary N) is 1. The number of aliphatic imine (C=N–C) groups is 1. The quantitative estimate of drug-likeness (QED) is 0.583. The van der Waals surface area contributed by atoms with Crippen molar-refractivity contribution in [3.8, 4) is 0 Å². The van der Waals surface area contributed by atoms with Crippen LogP contribution in [0.3, 0.4) is 0 Å². The Hall–Kier alpha value is -0.730. The average molecular weight is 251 g/mol. The van der Waals surface area contributed by atoms with Gasteiger partial charge in [-0.25, -0.2) is 0 Å². The van der Waals surface area contributed by atoms with E-state index in [2.05, 4.69) is 24.2 Å². The first kappa shape index (κ1) is 13.7. The molecule has 2 aliphatic rings. The van der Waals surface area contributed by atoms with Crippen LogP contribution in [0, 0.1) is 11.3 Å². The minimum atomic E-state index is 0.493. The Balaban J connectivity index is 1.74. The highest BCUT2D eigenvalue weighted by molar-refractivity contribution is 5.78. The maximum atomic E-state index is 6.01. The van der Waals surface area contributed by atoms with Gasteiger partial charge in [0.15, 0.2) is 5.96 Å². The molecule has 2 saturated carbocycles. The standard InChI is InChI=1S/C15H29N3/c1-12(2)10-15(8-9-15)11-17-14(16)18-13-6-4-3-5-7-13/h12-13H,3-11H2,1-2H3,(H3,16,17,18). The van der Waals surface area contributed by atoms with Gasteiger partial charge < -0.3 is 11.1 Å². The summed E-state index contributed by atoms with van der Waals surface area (Å²) >= 11 is 0. The van der Waals surface area contributed by atoms with Gasteiger partial charge in [0.25, 0.3) is 0 Å². The Morgan fingerprint density at radius 2 is 1.94 bits per heavy atom. The van der Waals surface area contributed by atoms with E-state index in [0.717, 1.165) is 12.5 Å². The van der Waals surface area contributed by atoms with Crippen molar-refractivity contribution in [3.05, 3.63) is 0 Å². The van der Waals surface area contributed by atoms with Crippen LogP contribution in [0.1, 0.15) is 65.2 Å². The van der Waals surface area contributed by atoms with Crippen LogP contribution in [0.5, 0.6) is 0 Å². The zero-order valence-electron chi connectivity index (χ0n) is 12.0. The Morgan fingerprint density at radius 1 is 1.28 bits per heavy atom. The molecule has 0 unspecified atom stereocenters. The summed E-state index contributed by atoms with van der Waals surface area (Å²) < 4.78 is 0. The molecule has 0 spiro atoms. The lowest BCUT2D eigenvalue weighted by Crippen LogP contribution is -2.41. The molecule has 0 bridgehead atoms. The van der Waals surface area contributed by atoms with Crippen molar-refractivity contribution >= 4 is 5.96 Å². The van der Waals surface area contributed by atoms with Gasteiger partial charge in [-0.1, -0.05) is 33.1 Å². The molecule has 2 rings (SSSR count). The molecular weight excluding hydrogens is 222 g/mol. The molecule has 3 heteroatoms. The van der Waals surface area contributed by atoms with Crippen LogP contribution in [0.4, 0.5) is 0 Å². The number of rotatable bonds is 5. The topological polar surface area (TPSA) is 50.4 Å². The van der Waals surface area contributed by atoms with Crippen LogP contribution in [0.25, 0.3) is 0 Å². The number of hydrogen-bond acceptors (Lipinski definition) is 1. The van der Waals surface area contributed by atoms with Gasteiger partial charge in [0.2, 0.25) is 0 Å². The first-order valence-electron chi connectivity index (χ1n) is 7.66. The monoisotopic (exact) mass is 251 g/mol.